The van der Waals surface area contributed by atoms with Crippen molar-refractivity contribution in [3.8, 4) is 0 Å². The predicted octanol–water partition coefficient (Wildman–Crippen LogP) is 3.13. The van der Waals surface area contributed by atoms with E-state index < -0.39 is 0 Å². The van der Waals surface area contributed by atoms with E-state index in [9.17, 15) is 0 Å². The third kappa shape index (κ3) is 3.51. The van der Waals surface area contributed by atoms with Crippen LogP contribution >= 0.6 is 15.9 Å². The minimum atomic E-state index is 0.614. The summed E-state index contributed by atoms with van der Waals surface area (Å²) in [6.07, 6.45) is 0. The zero-order valence-electron chi connectivity index (χ0n) is 11.8. The highest BCUT2D eigenvalue weighted by Crippen LogP contribution is 2.25. The molecule has 1 saturated heterocycles. The SMILES string of the molecule is Cc1cc(N2CCOCC2)nc(Nc2ccccc2Br)n1. The standard InChI is InChI=1S/C15H17BrN4O/c1-11-10-14(20-6-8-21-9-7-20)19-15(17-11)18-13-5-3-2-4-12(13)16/h2-5,10H,6-9H2,1H3,(H,17,18,19). The first-order valence-electron chi connectivity index (χ1n) is 6.92. The van der Waals surface area contributed by atoms with Gasteiger partial charge >= 0.3 is 0 Å². The van der Waals surface area contributed by atoms with Gasteiger partial charge in [0.1, 0.15) is 5.82 Å². The van der Waals surface area contributed by atoms with Crippen molar-refractivity contribution in [1.29, 1.82) is 0 Å². The van der Waals surface area contributed by atoms with E-state index in [1.807, 2.05) is 37.3 Å². The van der Waals surface area contributed by atoms with Crippen LogP contribution < -0.4 is 10.2 Å². The Morgan fingerprint density at radius 3 is 2.71 bits per heavy atom. The maximum absolute atomic E-state index is 5.39. The minimum Gasteiger partial charge on any atom is -0.378 e. The van der Waals surface area contributed by atoms with E-state index in [1.165, 1.54) is 0 Å². The van der Waals surface area contributed by atoms with Gasteiger partial charge in [0, 0.05) is 29.3 Å². The van der Waals surface area contributed by atoms with Crippen molar-refractivity contribution in [1.82, 2.24) is 9.97 Å². The smallest absolute Gasteiger partial charge is 0.229 e. The van der Waals surface area contributed by atoms with E-state index >= 15 is 0 Å². The van der Waals surface area contributed by atoms with E-state index in [4.69, 9.17) is 4.74 Å². The largest absolute Gasteiger partial charge is 0.378 e. The summed E-state index contributed by atoms with van der Waals surface area (Å²) < 4.78 is 6.38. The molecule has 0 atom stereocenters. The molecule has 0 spiro atoms. The maximum Gasteiger partial charge on any atom is 0.229 e. The molecule has 0 aliphatic carbocycles. The van der Waals surface area contributed by atoms with Gasteiger partial charge in [-0.25, -0.2) is 4.98 Å². The van der Waals surface area contributed by atoms with Crippen molar-refractivity contribution in [2.75, 3.05) is 36.5 Å². The van der Waals surface area contributed by atoms with Crippen LogP contribution in [0.2, 0.25) is 0 Å². The molecule has 2 heterocycles. The van der Waals surface area contributed by atoms with Crippen LogP contribution in [0.15, 0.2) is 34.8 Å². The van der Waals surface area contributed by atoms with Crippen molar-refractivity contribution in [3.05, 3.63) is 40.5 Å². The van der Waals surface area contributed by atoms with Crippen LogP contribution in [-0.4, -0.2) is 36.3 Å². The average molecular weight is 349 g/mol. The van der Waals surface area contributed by atoms with Crippen LogP contribution in [0.5, 0.6) is 0 Å². The van der Waals surface area contributed by atoms with Gasteiger partial charge in [-0.1, -0.05) is 12.1 Å². The Morgan fingerprint density at radius 1 is 1.19 bits per heavy atom. The highest BCUT2D eigenvalue weighted by atomic mass is 79.9. The molecule has 1 aliphatic rings. The molecule has 0 unspecified atom stereocenters. The number of rotatable bonds is 3. The first-order valence-corrected chi connectivity index (χ1v) is 7.71. The number of anilines is 3. The fraction of sp³-hybridized carbons (Fsp3) is 0.333. The van der Waals surface area contributed by atoms with Crippen LogP contribution in [0.25, 0.3) is 0 Å². The molecule has 3 rings (SSSR count). The molecule has 1 fully saturated rings. The van der Waals surface area contributed by atoms with E-state index in [-0.39, 0.29) is 0 Å². The Balaban J connectivity index is 1.85. The number of morpholine rings is 1. The summed E-state index contributed by atoms with van der Waals surface area (Å²) in [6, 6.07) is 9.94. The van der Waals surface area contributed by atoms with E-state index in [0.717, 1.165) is 48.0 Å². The molecule has 6 heteroatoms. The number of hydrogen-bond acceptors (Lipinski definition) is 5. The first-order chi connectivity index (χ1) is 10.2. The normalized spacial score (nSPS) is 15.0. The van der Waals surface area contributed by atoms with Crippen molar-refractivity contribution >= 4 is 33.4 Å². The number of aryl methyl sites for hydroxylation is 1. The van der Waals surface area contributed by atoms with Gasteiger partial charge < -0.3 is 15.0 Å². The Morgan fingerprint density at radius 2 is 1.95 bits per heavy atom. The number of ether oxygens (including phenoxy) is 1. The number of hydrogen-bond donors (Lipinski definition) is 1. The fourth-order valence-electron chi connectivity index (χ4n) is 2.25. The number of halogens is 1. The molecule has 0 bridgehead atoms. The van der Waals surface area contributed by atoms with Crippen LogP contribution in [0, 0.1) is 6.92 Å². The summed E-state index contributed by atoms with van der Waals surface area (Å²) >= 11 is 3.52. The topological polar surface area (TPSA) is 50.3 Å². The second-order valence-electron chi connectivity index (χ2n) is 4.90. The lowest BCUT2D eigenvalue weighted by Crippen LogP contribution is -2.36. The highest BCUT2D eigenvalue weighted by Gasteiger charge is 2.14. The maximum atomic E-state index is 5.39. The lowest BCUT2D eigenvalue weighted by atomic mass is 10.3. The molecule has 2 aromatic rings. The van der Waals surface area contributed by atoms with E-state index in [2.05, 4.69) is 36.1 Å². The number of para-hydroxylation sites is 1. The molecule has 1 aromatic carbocycles. The molecule has 1 aliphatic heterocycles. The van der Waals surface area contributed by atoms with Gasteiger partial charge in [-0.2, -0.15) is 4.98 Å². The quantitative estimate of drug-likeness (QED) is 0.923. The molecule has 0 amide bonds. The zero-order chi connectivity index (χ0) is 14.7. The summed E-state index contributed by atoms with van der Waals surface area (Å²) in [5.74, 6) is 1.56. The van der Waals surface area contributed by atoms with Gasteiger partial charge in [-0.05, 0) is 35.0 Å². The van der Waals surface area contributed by atoms with Crippen molar-refractivity contribution in [2.45, 2.75) is 6.92 Å². The van der Waals surface area contributed by atoms with Gasteiger partial charge in [0.05, 0.1) is 18.9 Å². The molecule has 1 N–H and O–H groups in total. The van der Waals surface area contributed by atoms with Crippen LogP contribution in [0.4, 0.5) is 17.5 Å². The molecular formula is C15H17BrN4O. The molecule has 110 valence electrons. The van der Waals surface area contributed by atoms with Crippen molar-refractivity contribution in [3.63, 3.8) is 0 Å². The summed E-state index contributed by atoms with van der Waals surface area (Å²) in [4.78, 5) is 11.3. The van der Waals surface area contributed by atoms with Gasteiger partial charge in [-0.15, -0.1) is 0 Å². The molecule has 0 saturated carbocycles. The lowest BCUT2D eigenvalue weighted by Gasteiger charge is -2.28. The Labute approximate surface area is 132 Å². The van der Waals surface area contributed by atoms with Crippen LogP contribution in [0.3, 0.4) is 0 Å². The second kappa shape index (κ2) is 6.41. The third-order valence-corrected chi connectivity index (χ3v) is 3.99. The van der Waals surface area contributed by atoms with Crippen molar-refractivity contribution < 1.29 is 4.74 Å². The Bertz CT molecular complexity index is 629. The number of nitrogens with one attached hydrogen (secondary N) is 1. The minimum absolute atomic E-state index is 0.614. The third-order valence-electron chi connectivity index (χ3n) is 3.30. The highest BCUT2D eigenvalue weighted by molar-refractivity contribution is 9.10. The monoisotopic (exact) mass is 348 g/mol. The molecule has 0 radical (unpaired) electrons. The van der Waals surface area contributed by atoms with Gasteiger partial charge in [0.15, 0.2) is 0 Å². The predicted molar refractivity (Wildman–Crippen MR) is 87.2 cm³/mol. The van der Waals surface area contributed by atoms with E-state index in [1.54, 1.807) is 0 Å². The molecule has 5 nitrogen and oxygen atoms in total. The van der Waals surface area contributed by atoms with Crippen molar-refractivity contribution in [2.24, 2.45) is 0 Å². The summed E-state index contributed by atoms with van der Waals surface area (Å²) in [6.45, 7) is 5.21. The second-order valence-corrected chi connectivity index (χ2v) is 5.75. The number of aromatic nitrogens is 2. The fourth-order valence-corrected chi connectivity index (χ4v) is 2.63. The lowest BCUT2D eigenvalue weighted by molar-refractivity contribution is 0.122. The van der Waals surface area contributed by atoms with Gasteiger partial charge in [-0.3, -0.25) is 0 Å². The van der Waals surface area contributed by atoms with Gasteiger partial charge in [0.2, 0.25) is 5.95 Å². The average Bonchev–Trinajstić information content (AvgIpc) is 2.50. The van der Waals surface area contributed by atoms with Crippen LogP contribution in [0.1, 0.15) is 5.69 Å². The Hall–Kier alpha value is -1.66. The molecular weight excluding hydrogens is 332 g/mol. The summed E-state index contributed by atoms with van der Waals surface area (Å²) in [7, 11) is 0. The van der Waals surface area contributed by atoms with Crippen LogP contribution in [-0.2, 0) is 4.74 Å². The van der Waals surface area contributed by atoms with E-state index in [0.29, 0.717) is 5.95 Å². The Kier molecular flexibility index (Phi) is 4.36. The number of benzene rings is 1. The number of nitrogens with zero attached hydrogens (tertiary/aromatic N) is 3. The molecule has 21 heavy (non-hydrogen) atoms. The summed E-state index contributed by atoms with van der Waals surface area (Å²) in [5.41, 5.74) is 1.90. The van der Waals surface area contributed by atoms with Gasteiger partial charge in [0.25, 0.3) is 0 Å². The summed E-state index contributed by atoms with van der Waals surface area (Å²) in [5, 5.41) is 3.27. The first kappa shape index (κ1) is 14.3. The molecule has 1 aromatic heterocycles. The zero-order valence-corrected chi connectivity index (χ0v) is 13.4.